The predicted molar refractivity (Wildman–Crippen MR) is 134 cm³/mol. The zero-order valence-corrected chi connectivity index (χ0v) is 20.2. The molecule has 2 aromatic carbocycles. The largest absolute Gasteiger partial charge is 0.425 e. The van der Waals surface area contributed by atoms with Gasteiger partial charge in [0.15, 0.2) is 0 Å². The molecule has 0 radical (unpaired) electrons. The lowest BCUT2D eigenvalue weighted by molar-refractivity contribution is -0.136. The molecule has 12 heteroatoms. The van der Waals surface area contributed by atoms with E-state index >= 15 is 0 Å². The van der Waals surface area contributed by atoms with E-state index in [1.165, 1.54) is 35.4 Å². The molecule has 0 aliphatic carbocycles. The summed E-state index contributed by atoms with van der Waals surface area (Å²) in [6, 6.07) is 10.9. The van der Waals surface area contributed by atoms with Crippen LogP contribution in [0.15, 0.2) is 48.5 Å². The molecule has 0 bridgehead atoms. The van der Waals surface area contributed by atoms with Crippen molar-refractivity contribution in [2.24, 2.45) is 11.5 Å². The van der Waals surface area contributed by atoms with Gasteiger partial charge in [-0.15, -0.1) is 0 Å². The van der Waals surface area contributed by atoms with E-state index in [0.717, 1.165) is 0 Å². The summed E-state index contributed by atoms with van der Waals surface area (Å²) in [7, 11) is 2.57. The first-order valence-electron chi connectivity index (χ1n) is 10.1. The Morgan fingerprint density at radius 3 is 1.32 bits per heavy atom. The van der Waals surface area contributed by atoms with Crippen LogP contribution in [0.4, 0.5) is 11.4 Å². The predicted octanol–water partition coefficient (Wildman–Crippen LogP) is 2.15. The molecule has 2 aromatic rings. The molecule has 0 fully saturated rings. The van der Waals surface area contributed by atoms with Crippen LogP contribution in [0.2, 0.25) is 0 Å². The second-order valence-electron chi connectivity index (χ2n) is 7.04. The van der Waals surface area contributed by atoms with E-state index in [2.05, 4.69) is 10.6 Å². The Balaban J connectivity index is 1.68. The van der Waals surface area contributed by atoms with Crippen molar-refractivity contribution in [2.75, 3.05) is 22.1 Å². The number of amides is 2. The number of esters is 2. The summed E-state index contributed by atoms with van der Waals surface area (Å²) < 4.78 is 10.5. The van der Waals surface area contributed by atoms with E-state index < -0.39 is 24.0 Å². The zero-order chi connectivity index (χ0) is 25.1. The molecule has 10 nitrogen and oxygen atoms in total. The number of ether oxygens (including phenoxy) is 2. The monoisotopic (exact) mass is 506 g/mol. The lowest BCUT2D eigenvalue weighted by Crippen LogP contribution is -2.37. The number of hydrogen-bond acceptors (Lipinski definition) is 10. The topological polar surface area (TPSA) is 163 Å². The van der Waals surface area contributed by atoms with Gasteiger partial charge >= 0.3 is 11.9 Å². The fourth-order valence-electron chi connectivity index (χ4n) is 2.38. The van der Waals surface area contributed by atoms with Gasteiger partial charge in [-0.3, -0.25) is 9.59 Å². The summed E-state index contributed by atoms with van der Waals surface area (Å²) in [4.78, 5) is 46.3. The van der Waals surface area contributed by atoms with Crippen molar-refractivity contribution < 1.29 is 28.7 Å². The first-order valence-corrected chi connectivity index (χ1v) is 12.6. The molecule has 0 saturated heterocycles. The molecular weight excluding hydrogens is 480 g/mol. The summed E-state index contributed by atoms with van der Waals surface area (Å²) in [5, 5.41) is 5.23. The molecule has 34 heavy (non-hydrogen) atoms. The molecular formula is C22H26N4O6S2. The SMILES string of the molecule is CC(=O)Nc1ccc(OC(=O)C(N)CSSCC(N)C(=O)Oc2ccc(NC(C)=O)cc2)cc1. The van der Waals surface area contributed by atoms with Crippen molar-refractivity contribution in [3.8, 4) is 11.5 Å². The second-order valence-corrected chi connectivity index (χ2v) is 9.59. The summed E-state index contributed by atoms with van der Waals surface area (Å²) in [6.45, 7) is 2.79. The van der Waals surface area contributed by atoms with Crippen molar-refractivity contribution >= 4 is 56.7 Å². The van der Waals surface area contributed by atoms with Crippen LogP contribution in [0.3, 0.4) is 0 Å². The highest BCUT2D eigenvalue weighted by molar-refractivity contribution is 8.76. The third-order valence-electron chi connectivity index (χ3n) is 3.97. The zero-order valence-electron chi connectivity index (χ0n) is 18.6. The van der Waals surface area contributed by atoms with Gasteiger partial charge < -0.3 is 31.6 Å². The van der Waals surface area contributed by atoms with Crippen LogP contribution in [-0.4, -0.2) is 47.3 Å². The van der Waals surface area contributed by atoms with E-state index in [4.69, 9.17) is 20.9 Å². The highest BCUT2D eigenvalue weighted by Crippen LogP contribution is 2.24. The molecule has 0 aliphatic heterocycles. The molecule has 0 spiro atoms. The molecule has 0 saturated carbocycles. The van der Waals surface area contributed by atoms with Gasteiger partial charge in [-0.2, -0.15) is 0 Å². The molecule has 0 heterocycles. The number of nitrogens with two attached hydrogens (primary N) is 2. The normalized spacial score (nSPS) is 12.2. The minimum absolute atomic E-state index is 0.202. The van der Waals surface area contributed by atoms with Crippen LogP contribution in [0, 0.1) is 0 Å². The fourth-order valence-corrected chi connectivity index (χ4v) is 4.60. The summed E-state index contributed by atoms with van der Waals surface area (Å²) in [5.41, 5.74) is 12.9. The maximum absolute atomic E-state index is 12.1. The number of carbonyl (C=O) groups is 4. The Kier molecular flexibility index (Phi) is 10.9. The highest BCUT2D eigenvalue weighted by Gasteiger charge is 2.19. The summed E-state index contributed by atoms with van der Waals surface area (Å²) >= 11 is 0. The Morgan fingerprint density at radius 1 is 0.706 bits per heavy atom. The van der Waals surface area contributed by atoms with Crippen molar-refractivity contribution in [3.63, 3.8) is 0 Å². The molecule has 2 rings (SSSR count). The maximum Gasteiger partial charge on any atom is 0.329 e. The number of nitrogens with one attached hydrogen (secondary N) is 2. The van der Waals surface area contributed by atoms with Crippen molar-refractivity contribution in [3.05, 3.63) is 48.5 Å². The number of hydrogen-bond donors (Lipinski definition) is 4. The van der Waals surface area contributed by atoms with Gasteiger partial charge in [0.25, 0.3) is 0 Å². The van der Waals surface area contributed by atoms with Gasteiger partial charge in [0.05, 0.1) is 0 Å². The lowest BCUT2D eigenvalue weighted by Gasteiger charge is -2.13. The number of rotatable bonds is 11. The van der Waals surface area contributed by atoms with Crippen LogP contribution in [-0.2, 0) is 19.2 Å². The van der Waals surface area contributed by atoms with Gasteiger partial charge in [-0.05, 0) is 48.5 Å². The average molecular weight is 507 g/mol. The minimum atomic E-state index is -0.877. The minimum Gasteiger partial charge on any atom is -0.425 e. The standard InChI is InChI=1S/C22H26N4O6S2/c1-13(27)25-15-3-7-17(8-4-15)31-21(29)19(23)11-33-34-12-20(24)22(30)32-18-9-5-16(6-10-18)26-14(2)28/h3-10,19-20H,11-12,23-24H2,1-2H3,(H,25,27)(H,26,28). The smallest absolute Gasteiger partial charge is 0.329 e. The number of anilines is 2. The van der Waals surface area contributed by atoms with Gasteiger partial charge in [0.1, 0.15) is 23.6 Å². The Morgan fingerprint density at radius 2 is 1.03 bits per heavy atom. The molecule has 6 N–H and O–H groups in total. The van der Waals surface area contributed by atoms with Gasteiger partial charge in [-0.25, -0.2) is 9.59 Å². The first kappa shape index (κ1) is 27.2. The van der Waals surface area contributed by atoms with Crippen LogP contribution >= 0.6 is 21.6 Å². The summed E-state index contributed by atoms with van der Waals surface area (Å²) in [6.07, 6.45) is 0. The van der Waals surface area contributed by atoms with Gasteiger partial charge in [0.2, 0.25) is 11.8 Å². The number of carbonyl (C=O) groups excluding carboxylic acids is 4. The van der Waals surface area contributed by atoms with Crippen molar-refractivity contribution in [1.82, 2.24) is 0 Å². The number of benzene rings is 2. The van der Waals surface area contributed by atoms with Crippen LogP contribution in [0.5, 0.6) is 11.5 Å². The maximum atomic E-state index is 12.1. The average Bonchev–Trinajstić information content (AvgIpc) is 2.78. The third-order valence-corrected chi connectivity index (χ3v) is 6.44. The van der Waals surface area contributed by atoms with E-state index in [0.29, 0.717) is 22.9 Å². The van der Waals surface area contributed by atoms with Crippen molar-refractivity contribution in [1.29, 1.82) is 0 Å². The molecule has 0 aliphatic rings. The second kappa shape index (κ2) is 13.6. The van der Waals surface area contributed by atoms with Crippen LogP contribution in [0.25, 0.3) is 0 Å². The molecule has 2 unspecified atom stereocenters. The van der Waals surface area contributed by atoms with Gasteiger partial charge in [0, 0.05) is 36.7 Å². The molecule has 2 amide bonds. The van der Waals surface area contributed by atoms with E-state index in [1.54, 1.807) is 48.5 Å². The fraction of sp³-hybridized carbons (Fsp3) is 0.273. The quantitative estimate of drug-likeness (QED) is 0.154. The molecule has 0 aromatic heterocycles. The Hall–Kier alpha value is -3.06. The molecule has 182 valence electrons. The third kappa shape index (κ3) is 9.83. The summed E-state index contributed by atoms with van der Waals surface area (Å²) in [5.74, 6) is -0.499. The van der Waals surface area contributed by atoms with E-state index in [9.17, 15) is 19.2 Å². The Labute approximate surface area is 204 Å². The van der Waals surface area contributed by atoms with E-state index in [1.807, 2.05) is 0 Å². The van der Waals surface area contributed by atoms with Gasteiger partial charge in [-0.1, -0.05) is 21.6 Å². The first-order chi connectivity index (χ1) is 16.1. The lowest BCUT2D eigenvalue weighted by atomic mass is 10.3. The molecule has 2 atom stereocenters. The highest BCUT2D eigenvalue weighted by atomic mass is 33.1. The van der Waals surface area contributed by atoms with E-state index in [-0.39, 0.29) is 23.3 Å². The van der Waals surface area contributed by atoms with Crippen LogP contribution in [0.1, 0.15) is 13.8 Å². The van der Waals surface area contributed by atoms with Crippen LogP contribution < -0.4 is 31.6 Å². The Bertz CT molecular complexity index is 920. The van der Waals surface area contributed by atoms with Crippen molar-refractivity contribution in [2.45, 2.75) is 25.9 Å².